The lowest BCUT2D eigenvalue weighted by molar-refractivity contribution is -0.159. The number of imide groups is 1. The molecule has 1 heterocycles. The topological polar surface area (TPSA) is 127 Å². The minimum atomic E-state index is -3.35. The zero-order chi connectivity index (χ0) is 22.1. The minimum absolute atomic E-state index is 0.112. The summed E-state index contributed by atoms with van der Waals surface area (Å²) in [5.74, 6) is -2.87. The molecule has 0 radical (unpaired) electrons. The molecular weight excluding hydrogens is 412 g/mol. The smallest absolute Gasteiger partial charge is 0.329 e. The molecule has 1 aromatic rings. The second-order valence-electron chi connectivity index (χ2n) is 7.67. The van der Waals surface area contributed by atoms with E-state index in [1.807, 2.05) is 0 Å². The van der Waals surface area contributed by atoms with Crippen molar-refractivity contribution in [2.24, 2.45) is 11.8 Å². The first-order valence-electron chi connectivity index (χ1n) is 9.73. The summed E-state index contributed by atoms with van der Waals surface area (Å²) in [6.07, 6.45) is 4.14. The van der Waals surface area contributed by atoms with Crippen molar-refractivity contribution in [3.05, 3.63) is 24.3 Å². The zero-order valence-corrected chi connectivity index (χ0v) is 17.6. The van der Waals surface area contributed by atoms with Gasteiger partial charge in [0.05, 0.1) is 16.7 Å². The van der Waals surface area contributed by atoms with Crippen LogP contribution in [0.1, 0.15) is 32.6 Å². The molecule has 0 spiro atoms. The van der Waals surface area contributed by atoms with E-state index in [-0.39, 0.29) is 28.5 Å². The Balaban J connectivity index is 1.54. The van der Waals surface area contributed by atoms with E-state index in [0.717, 1.165) is 24.0 Å². The average molecular weight is 436 g/mol. The van der Waals surface area contributed by atoms with Crippen LogP contribution < -0.4 is 5.32 Å². The fourth-order valence-corrected chi connectivity index (χ4v) is 4.55. The van der Waals surface area contributed by atoms with Gasteiger partial charge in [-0.05, 0) is 44.0 Å². The van der Waals surface area contributed by atoms with Crippen molar-refractivity contribution in [2.75, 3.05) is 18.2 Å². The van der Waals surface area contributed by atoms with Crippen molar-refractivity contribution in [3.8, 4) is 0 Å². The molecule has 0 aromatic heterocycles. The number of esters is 1. The lowest BCUT2D eigenvalue weighted by Crippen LogP contribution is -2.45. The molecule has 2 unspecified atom stereocenters. The maximum Gasteiger partial charge on any atom is 0.329 e. The van der Waals surface area contributed by atoms with Crippen LogP contribution in [0.15, 0.2) is 29.2 Å². The third kappa shape index (κ3) is 4.53. The Labute approximate surface area is 174 Å². The molecule has 1 aromatic carbocycles. The Morgan fingerprint density at radius 3 is 2.13 bits per heavy atom. The Kier molecular flexibility index (Phi) is 6.25. The zero-order valence-electron chi connectivity index (χ0n) is 16.8. The maximum absolute atomic E-state index is 12.5. The molecule has 1 aliphatic carbocycles. The van der Waals surface area contributed by atoms with Gasteiger partial charge in [-0.3, -0.25) is 19.3 Å². The van der Waals surface area contributed by atoms with Crippen LogP contribution in [0.4, 0.5) is 5.69 Å². The Hall–Kier alpha value is -2.75. The van der Waals surface area contributed by atoms with E-state index < -0.39 is 34.4 Å². The van der Waals surface area contributed by atoms with Gasteiger partial charge in [-0.15, -0.1) is 0 Å². The number of sulfone groups is 1. The number of anilines is 1. The molecule has 2 fully saturated rings. The summed E-state index contributed by atoms with van der Waals surface area (Å²) in [7, 11) is -3.35. The van der Waals surface area contributed by atoms with E-state index in [9.17, 15) is 27.6 Å². The number of likely N-dealkylation sites (tertiary alicyclic amines) is 1. The summed E-state index contributed by atoms with van der Waals surface area (Å²) in [5, 5.41) is 2.48. The van der Waals surface area contributed by atoms with Gasteiger partial charge in [0.2, 0.25) is 11.8 Å². The highest BCUT2D eigenvalue weighted by molar-refractivity contribution is 7.90. The van der Waals surface area contributed by atoms with Crippen molar-refractivity contribution in [1.82, 2.24) is 4.90 Å². The summed E-state index contributed by atoms with van der Waals surface area (Å²) >= 11 is 0. The summed E-state index contributed by atoms with van der Waals surface area (Å²) in [5.41, 5.74) is 0.338. The third-order valence-corrected chi connectivity index (χ3v) is 6.64. The normalized spacial score (nSPS) is 22.4. The Bertz CT molecular complexity index is 947. The lowest BCUT2D eigenvalue weighted by Gasteiger charge is -2.21. The molecule has 9 nitrogen and oxygen atoms in total. The molecule has 162 valence electrons. The van der Waals surface area contributed by atoms with Crippen molar-refractivity contribution in [2.45, 2.75) is 43.5 Å². The molecular formula is C20H24N2O7S. The van der Waals surface area contributed by atoms with Gasteiger partial charge < -0.3 is 10.1 Å². The van der Waals surface area contributed by atoms with E-state index in [1.54, 1.807) is 0 Å². The van der Waals surface area contributed by atoms with Crippen LogP contribution in [-0.2, 0) is 33.8 Å². The van der Waals surface area contributed by atoms with Crippen LogP contribution in [-0.4, -0.2) is 55.9 Å². The summed E-state index contributed by atoms with van der Waals surface area (Å²) in [4.78, 5) is 50.5. The molecule has 1 N–H and O–H groups in total. The maximum atomic E-state index is 12.5. The fourth-order valence-electron chi connectivity index (χ4n) is 3.91. The molecule has 2 aliphatic rings. The van der Waals surface area contributed by atoms with Gasteiger partial charge in [0, 0.05) is 11.9 Å². The van der Waals surface area contributed by atoms with E-state index in [2.05, 4.69) is 5.32 Å². The van der Waals surface area contributed by atoms with E-state index >= 15 is 0 Å². The Morgan fingerprint density at radius 1 is 1.10 bits per heavy atom. The molecule has 1 saturated heterocycles. The number of amides is 3. The van der Waals surface area contributed by atoms with Gasteiger partial charge in [-0.25, -0.2) is 13.2 Å². The first kappa shape index (κ1) is 21.9. The number of carbonyl (C=O) groups excluding carboxylic acids is 4. The standard InChI is InChI=1S/C20H24N2O7S/c1-12(22-18(24)15-5-3-4-6-16(15)19(22)25)20(26)29-11-17(23)21-13-7-9-14(10-8-13)30(2,27)28/h7-10,12,15-16H,3-6,11H2,1-2H3,(H,21,23)/t12-,15?,16?/m0/s1. The molecule has 1 saturated carbocycles. The third-order valence-electron chi connectivity index (χ3n) is 5.52. The summed E-state index contributed by atoms with van der Waals surface area (Å²) in [6, 6.07) is 4.44. The average Bonchev–Trinajstić information content (AvgIpc) is 2.96. The van der Waals surface area contributed by atoms with Crippen LogP contribution in [0.5, 0.6) is 0 Å². The number of ether oxygens (including phenoxy) is 1. The second kappa shape index (κ2) is 8.55. The highest BCUT2D eigenvalue weighted by atomic mass is 32.2. The van der Waals surface area contributed by atoms with Gasteiger partial charge in [-0.2, -0.15) is 0 Å². The molecule has 30 heavy (non-hydrogen) atoms. The molecule has 3 rings (SSSR count). The number of carbonyl (C=O) groups is 4. The van der Waals surface area contributed by atoms with Crippen molar-refractivity contribution in [3.63, 3.8) is 0 Å². The molecule has 10 heteroatoms. The fraction of sp³-hybridized carbons (Fsp3) is 0.500. The molecule has 3 atom stereocenters. The highest BCUT2D eigenvalue weighted by Gasteiger charge is 2.51. The summed E-state index contributed by atoms with van der Waals surface area (Å²) in [6.45, 7) is 0.817. The van der Waals surface area contributed by atoms with Crippen LogP contribution in [0.25, 0.3) is 0 Å². The van der Waals surface area contributed by atoms with Crippen molar-refractivity contribution in [1.29, 1.82) is 0 Å². The Morgan fingerprint density at radius 2 is 1.63 bits per heavy atom. The van der Waals surface area contributed by atoms with Gasteiger partial charge in [0.25, 0.3) is 5.91 Å². The lowest BCUT2D eigenvalue weighted by atomic mass is 9.81. The van der Waals surface area contributed by atoms with Gasteiger partial charge in [0.1, 0.15) is 6.04 Å². The predicted molar refractivity (Wildman–Crippen MR) is 106 cm³/mol. The van der Waals surface area contributed by atoms with Crippen LogP contribution in [0.2, 0.25) is 0 Å². The molecule has 1 aliphatic heterocycles. The first-order chi connectivity index (χ1) is 14.1. The monoisotopic (exact) mass is 436 g/mol. The predicted octanol–water partition coefficient (Wildman–Crippen LogP) is 1.14. The van der Waals surface area contributed by atoms with Crippen molar-refractivity contribution < 1.29 is 32.3 Å². The minimum Gasteiger partial charge on any atom is -0.454 e. The van der Waals surface area contributed by atoms with E-state index in [0.29, 0.717) is 18.5 Å². The number of hydrogen-bond donors (Lipinski definition) is 1. The van der Waals surface area contributed by atoms with E-state index in [4.69, 9.17) is 4.74 Å². The van der Waals surface area contributed by atoms with Crippen molar-refractivity contribution >= 4 is 39.2 Å². The first-order valence-corrected chi connectivity index (χ1v) is 11.6. The van der Waals surface area contributed by atoms with E-state index in [1.165, 1.54) is 31.2 Å². The van der Waals surface area contributed by atoms with Crippen LogP contribution in [0.3, 0.4) is 0 Å². The largest absolute Gasteiger partial charge is 0.454 e. The SMILES string of the molecule is C[C@@H](C(=O)OCC(=O)Nc1ccc(S(C)(=O)=O)cc1)N1C(=O)C2CCCCC2C1=O. The van der Waals surface area contributed by atoms with Crippen LogP contribution >= 0.6 is 0 Å². The molecule has 3 amide bonds. The highest BCUT2D eigenvalue weighted by Crippen LogP contribution is 2.38. The number of rotatable bonds is 6. The number of fused-ring (bicyclic) bond motifs is 1. The number of nitrogens with zero attached hydrogens (tertiary/aromatic N) is 1. The quantitative estimate of drug-likeness (QED) is 0.523. The number of hydrogen-bond acceptors (Lipinski definition) is 7. The number of nitrogens with one attached hydrogen (secondary N) is 1. The number of benzene rings is 1. The van der Waals surface area contributed by atoms with Gasteiger partial charge in [-0.1, -0.05) is 12.8 Å². The summed E-state index contributed by atoms with van der Waals surface area (Å²) < 4.78 is 27.9. The van der Waals surface area contributed by atoms with Crippen LogP contribution in [0, 0.1) is 11.8 Å². The van der Waals surface area contributed by atoms with Gasteiger partial charge in [0.15, 0.2) is 16.4 Å². The van der Waals surface area contributed by atoms with Gasteiger partial charge >= 0.3 is 5.97 Å². The second-order valence-corrected chi connectivity index (χ2v) is 9.69. The molecule has 0 bridgehead atoms.